The molecule has 0 bridgehead atoms. The average molecular weight is 386 g/mol. The predicted molar refractivity (Wildman–Crippen MR) is 103 cm³/mol. The summed E-state index contributed by atoms with van der Waals surface area (Å²) in [6, 6.07) is 11.6. The standard InChI is InChI=1S/C20H22N2O4S/c1-4-26-16(23)10-11-27-19-15(12-21)18(14-8-6-5-7-9-14)17(13(2)22-19)20(24)25-3/h5-9,18,22H,4,10-11H2,1-3H3/t18-/m0/s1. The van der Waals surface area contributed by atoms with Crippen molar-refractivity contribution in [3.63, 3.8) is 0 Å². The van der Waals surface area contributed by atoms with Crippen molar-refractivity contribution in [2.75, 3.05) is 19.5 Å². The first kappa shape index (κ1) is 20.6. The molecule has 0 saturated heterocycles. The molecule has 2 rings (SSSR count). The first-order valence-corrected chi connectivity index (χ1v) is 9.55. The Morgan fingerprint density at radius 3 is 2.59 bits per heavy atom. The van der Waals surface area contributed by atoms with Crippen molar-refractivity contribution in [2.24, 2.45) is 0 Å². The van der Waals surface area contributed by atoms with Gasteiger partial charge in [0.1, 0.15) is 0 Å². The van der Waals surface area contributed by atoms with Gasteiger partial charge in [-0.15, -0.1) is 11.8 Å². The summed E-state index contributed by atoms with van der Waals surface area (Å²) < 4.78 is 9.88. The van der Waals surface area contributed by atoms with Crippen LogP contribution in [-0.4, -0.2) is 31.4 Å². The molecule has 0 aliphatic carbocycles. The minimum Gasteiger partial charge on any atom is -0.466 e. The lowest BCUT2D eigenvalue weighted by molar-refractivity contribution is -0.142. The highest BCUT2D eigenvalue weighted by atomic mass is 32.2. The van der Waals surface area contributed by atoms with Crippen molar-refractivity contribution in [2.45, 2.75) is 26.2 Å². The Morgan fingerprint density at radius 1 is 1.30 bits per heavy atom. The van der Waals surface area contributed by atoms with Crippen LogP contribution < -0.4 is 5.32 Å². The molecular formula is C20H22N2O4S. The highest BCUT2D eigenvalue weighted by Crippen LogP contribution is 2.40. The predicted octanol–water partition coefficient (Wildman–Crippen LogP) is 3.24. The van der Waals surface area contributed by atoms with E-state index in [1.54, 1.807) is 13.8 Å². The number of nitrogens with one attached hydrogen (secondary N) is 1. The van der Waals surface area contributed by atoms with Gasteiger partial charge in [0.25, 0.3) is 0 Å². The van der Waals surface area contributed by atoms with Gasteiger partial charge in [0, 0.05) is 11.4 Å². The van der Waals surface area contributed by atoms with Gasteiger partial charge in [-0.1, -0.05) is 30.3 Å². The Hall–Kier alpha value is -2.72. The molecule has 1 aliphatic rings. The van der Waals surface area contributed by atoms with Gasteiger partial charge < -0.3 is 14.8 Å². The minimum atomic E-state index is -0.519. The zero-order chi connectivity index (χ0) is 19.8. The van der Waals surface area contributed by atoms with Crippen molar-refractivity contribution in [1.82, 2.24) is 5.32 Å². The zero-order valence-electron chi connectivity index (χ0n) is 15.6. The number of hydrogen-bond acceptors (Lipinski definition) is 7. The van der Waals surface area contributed by atoms with Crippen LogP contribution in [0.15, 0.2) is 52.2 Å². The second-order valence-corrected chi connectivity index (χ2v) is 6.86. The molecule has 1 atom stereocenters. The molecule has 0 aromatic heterocycles. The Morgan fingerprint density at radius 2 is 2.00 bits per heavy atom. The third-order valence-electron chi connectivity index (χ3n) is 4.04. The highest BCUT2D eigenvalue weighted by molar-refractivity contribution is 8.03. The number of carbonyl (C=O) groups excluding carboxylic acids is 2. The monoisotopic (exact) mass is 386 g/mol. The van der Waals surface area contributed by atoms with E-state index in [1.165, 1.54) is 18.9 Å². The van der Waals surface area contributed by atoms with Gasteiger partial charge in [-0.25, -0.2) is 4.79 Å². The molecule has 142 valence electrons. The van der Waals surface area contributed by atoms with Crippen molar-refractivity contribution >= 4 is 23.7 Å². The quantitative estimate of drug-likeness (QED) is 0.720. The number of allylic oxidation sites excluding steroid dienone is 2. The van der Waals surface area contributed by atoms with Gasteiger partial charge >= 0.3 is 11.9 Å². The van der Waals surface area contributed by atoms with E-state index in [-0.39, 0.29) is 12.4 Å². The minimum absolute atomic E-state index is 0.241. The number of carbonyl (C=O) groups is 2. The van der Waals surface area contributed by atoms with Gasteiger partial charge in [0.2, 0.25) is 0 Å². The third kappa shape index (κ3) is 4.92. The number of rotatable bonds is 7. The lowest BCUT2D eigenvalue weighted by Gasteiger charge is -2.29. The van der Waals surface area contributed by atoms with Crippen LogP contribution in [0.2, 0.25) is 0 Å². The number of benzene rings is 1. The van der Waals surface area contributed by atoms with Crippen LogP contribution in [0.3, 0.4) is 0 Å². The summed E-state index contributed by atoms with van der Waals surface area (Å²) in [5.41, 5.74) is 2.31. The fraction of sp³-hybridized carbons (Fsp3) is 0.350. The maximum Gasteiger partial charge on any atom is 0.336 e. The first-order valence-electron chi connectivity index (χ1n) is 8.57. The summed E-state index contributed by atoms with van der Waals surface area (Å²) in [4.78, 5) is 23.9. The maximum atomic E-state index is 12.4. The van der Waals surface area contributed by atoms with E-state index in [9.17, 15) is 14.9 Å². The van der Waals surface area contributed by atoms with E-state index in [0.29, 0.717) is 34.2 Å². The lowest BCUT2D eigenvalue weighted by atomic mass is 9.82. The average Bonchev–Trinajstić information content (AvgIpc) is 2.67. The molecule has 6 nitrogen and oxygen atoms in total. The van der Waals surface area contributed by atoms with Gasteiger partial charge in [0.15, 0.2) is 0 Å². The van der Waals surface area contributed by atoms with Crippen LogP contribution in [0, 0.1) is 11.3 Å². The molecule has 0 fully saturated rings. The van der Waals surface area contributed by atoms with E-state index in [1.807, 2.05) is 30.3 Å². The number of methoxy groups -OCH3 is 1. The Bertz CT molecular complexity index is 809. The number of esters is 2. The molecule has 7 heteroatoms. The number of nitriles is 1. The Labute approximate surface area is 163 Å². The summed E-state index contributed by atoms with van der Waals surface area (Å²) in [6.07, 6.45) is 0.241. The molecule has 0 amide bonds. The molecule has 1 aromatic rings. The first-order chi connectivity index (χ1) is 13.0. The molecule has 1 N–H and O–H groups in total. The van der Waals surface area contributed by atoms with Crippen LogP contribution >= 0.6 is 11.8 Å². The molecule has 1 aliphatic heterocycles. The summed E-state index contributed by atoms with van der Waals surface area (Å²) in [5.74, 6) is -0.802. The molecule has 0 unspecified atom stereocenters. The van der Waals surface area contributed by atoms with E-state index >= 15 is 0 Å². The second-order valence-electron chi connectivity index (χ2n) is 5.76. The SMILES string of the molecule is CCOC(=O)CCSC1=C(C#N)[C@H](c2ccccc2)C(C(=O)OC)=C(C)N1. The van der Waals surface area contributed by atoms with E-state index in [0.717, 1.165) is 5.56 Å². The molecular weight excluding hydrogens is 364 g/mol. The largest absolute Gasteiger partial charge is 0.466 e. The van der Waals surface area contributed by atoms with Gasteiger partial charge in [-0.3, -0.25) is 4.79 Å². The number of nitrogens with zero attached hydrogens (tertiary/aromatic N) is 1. The molecule has 0 spiro atoms. The Balaban J connectivity index is 2.37. The van der Waals surface area contributed by atoms with Crippen molar-refractivity contribution in [3.05, 3.63) is 57.8 Å². The van der Waals surface area contributed by atoms with Crippen molar-refractivity contribution in [3.8, 4) is 6.07 Å². The fourth-order valence-corrected chi connectivity index (χ4v) is 3.87. The van der Waals surface area contributed by atoms with E-state index in [2.05, 4.69) is 11.4 Å². The summed E-state index contributed by atoms with van der Waals surface area (Å²) in [7, 11) is 1.32. The van der Waals surface area contributed by atoms with E-state index < -0.39 is 11.9 Å². The molecule has 27 heavy (non-hydrogen) atoms. The van der Waals surface area contributed by atoms with Gasteiger partial charge in [0.05, 0.1) is 48.3 Å². The smallest absolute Gasteiger partial charge is 0.336 e. The second kappa shape index (κ2) is 9.83. The molecule has 1 aromatic carbocycles. The van der Waals surface area contributed by atoms with Crippen molar-refractivity contribution < 1.29 is 19.1 Å². The van der Waals surface area contributed by atoms with Gasteiger partial charge in [-0.05, 0) is 19.4 Å². The van der Waals surface area contributed by atoms with Crippen LogP contribution in [0.1, 0.15) is 31.7 Å². The molecule has 1 heterocycles. The number of hydrogen-bond donors (Lipinski definition) is 1. The van der Waals surface area contributed by atoms with Gasteiger partial charge in [-0.2, -0.15) is 5.26 Å². The topological polar surface area (TPSA) is 88.4 Å². The third-order valence-corrected chi connectivity index (χ3v) is 5.06. The summed E-state index contributed by atoms with van der Waals surface area (Å²) in [5, 5.41) is 13.6. The molecule has 0 radical (unpaired) electrons. The van der Waals surface area contributed by atoms with Crippen LogP contribution in [0.25, 0.3) is 0 Å². The summed E-state index contributed by atoms with van der Waals surface area (Å²) in [6.45, 7) is 3.88. The lowest BCUT2D eigenvalue weighted by Crippen LogP contribution is -2.28. The van der Waals surface area contributed by atoms with Crippen molar-refractivity contribution in [1.29, 1.82) is 5.26 Å². The number of thioether (sulfide) groups is 1. The summed E-state index contributed by atoms with van der Waals surface area (Å²) >= 11 is 1.37. The molecule has 0 saturated carbocycles. The van der Waals surface area contributed by atoms with Crippen LogP contribution in [0.5, 0.6) is 0 Å². The van der Waals surface area contributed by atoms with Crippen LogP contribution in [-0.2, 0) is 19.1 Å². The zero-order valence-corrected chi connectivity index (χ0v) is 16.4. The normalized spacial score (nSPS) is 16.4. The number of dihydropyridines is 1. The van der Waals surface area contributed by atoms with E-state index in [4.69, 9.17) is 9.47 Å². The maximum absolute atomic E-state index is 12.4. The Kier molecular flexibility index (Phi) is 7.50. The number of ether oxygens (including phenoxy) is 2. The van der Waals surface area contributed by atoms with Crippen LogP contribution in [0.4, 0.5) is 0 Å². The fourth-order valence-electron chi connectivity index (χ4n) is 2.86. The highest BCUT2D eigenvalue weighted by Gasteiger charge is 2.35.